The average molecular weight is 364 g/mol. The maximum Gasteiger partial charge on any atom is 0.249 e. The highest BCUT2D eigenvalue weighted by Crippen LogP contribution is 2.36. The minimum Gasteiger partial charge on any atom is -0.497 e. The molecule has 0 fully saturated rings. The smallest absolute Gasteiger partial charge is 0.249 e. The molecule has 136 valence electrons. The third kappa shape index (κ3) is 5.01. The van der Waals surface area contributed by atoms with Crippen molar-refractivity contribution in [2.75, 3.05) is 33.9 Å². The number of ether oxygens (including phenoxy) is 2. The van der Waals surface area contributed by atoms with E-state index in [1.807, 2.05) is 12.1 Å². The van der Waals surface area contributed by atoms with E-state index in [4.69, 9.17) is 14.6 Å². The largest absolute Gasteiger partial charge is 0.497 e. The van der Waals surface area contributed by atoms with Crippen LogP contribution in [-0.2, 0) is 6.42 Å². The normalized spacial score (nSPS) is 10.7. The molecule has 0 aliphatic rings. The summed E-state index contributed by atoms with van der Waals surface area (Å²) in [4.78, 5) is 14.7. The fourth-order valence-electron chi connectivity index (χ4n) is 2.68. The lowest BCUT2D eigenvalue weighted by Crippen LogP contribution is -2.20. The first kappa shape index (κ1) is 19.4. The molecule has 0 saturated heterocycles. The summed E-state index contributed by atoms with van der Waals surface area (Å²) in [7, 11) is 3.18. The van der Waals surface area contributed by atoms with Gasteiger partial charge >= 0.3 is 0 Å². The SMILES string of the molecule is COc1ccc(-c2cc(=O)[nH]c(S)c2CCCNCCO)c(OC)c1. The number of nitrogens with one attached hydrogen (secondary N) is 2. The van der Waals surface area contributed by atoms with Gasteiger partial charge in [0.15, 0.2) is 0 Å². The van der Waals surface area contributed by atoms with Crippen LogP contribution in [0.1, 0.15) is 12.0 Å². The summed E-state index contributed by atoms with van der Waals surface area (Å²) in [6.45, 7) is 1.45. The molecular weight excluding hydrogens is 340 g/mol. The van der Waals surface area contributed by atoms with Crippen molar-refractivity contribution in [3.05, 3.63) is 40.2 Å². The molecule has 1 aromatic carbocycles. The Morgan fingerprint density at radius 1 is 1.16 bits per heavy atom. The molecule has 2 rings (SSSR count). The molecule has 1 heterocycles. The molecule has 0 saturated carbocycles. The standard InChI is InChI=1S/C18H24N2O4S/c1-23-12-5-6-13(16(10-12)24-2)15-11-17(22)20-18(25)14(15)4-3-7-19-8-9-21/h5-6,10-11,19,21H,3-4,7-9H2,1-2H3,(H2,20,22,25). The molecule has 0 atom stereocenters. The van der Waals surface area contributed by atoms with Crippen LogP contribution in [0.5, 0.6) is 11.5 Å². The zero-order valence-corrected chi connectivity index (χ0v) is 15.4. The molecule has 0 unspecified atom stereocenters. The summed E-state index contributed by atoms with van der Waals surface area (Å²) in [5, 5.41) is 12.5. The predicted octanol–water partition coefficient (Wildman–Crippen LogP) is 1.86. The van der Waals surface area contributed by atoms with E-state index in [1.165, 1.54) is 0 Å². The highest BCUT2D eigenvalue weighted by Gasteiger charge is 2.15. The molecule has 2 aromatic rings. The van der Waals surface area contributed by atoms with E-state index in [0.717, 1.165) is 36.1 Å². The van der Waals surface area contributed by atoms with Gasteiger partial charge in [0.05, 0.1) is 25.9 Å². The minimum atomic E-state index is -0.208. The number of aromatic nitrogens is 1. The van der Waals surface area contributed by atoms with E-state index in [2.05, 4.69) is 22.9 Å². The van der Waals surface area contributed by atoms with Gasteiger partial charge in [-0.05, 0) is 42.6 Å². The van der Waals surface area contributed by atoms with Crippen LogP contribution >= 0.6 is 12.6 Å². The quantitative estimate of drug-likeness (QED) is 0.403. The van der Waals surface area contributed by atoms with Gasteiger partial charge in [-0.1, -0.05) is 0 Å². The zero-order chi connectivity index (χ0) is 18.2. The number of benzene rings is 1. The average Bonchev–Trinajstić information content (AvgIpc) is 2.62. The molecule has 0 aliphatic heterocycles. The van der Waals surface area contributed by atoms with Gasteiger partial charge in [0.1, 0.15) is 11.5 Å². The number of hydrogen-bond acceptors (Lipinski definition) is 6. The molecule has 3 N–H and O–H groups in total. The molecule has 6 nitrogen and oxygen atoms in total. The van der Waals surface area contributed by atoms with Crippen molar-refractivity contribution in [2.45, 2.75) is 17.9 Å². The van der Waals surface area contributed by atoms with Gasteiger partial charge < -0.3 is 24.9 Å². The van der Waals surface area contributed by atoms with Gasteiger partial charge in [0.25, 0.3) is 0 Å². The Kier molecular flexibility index (Phi) is 7.36. The zero-order valence-electron chi connectivity index (χ0n) is 14.5. The number of H-pyrrole nitrogens is 1. The first-order valence-corrected chi connectivity index (χ1v) is 8.54. The van der Waals surface area contributed by atoms with Crippen molar-refractivity contribution in [3.8, 4) is 22.6 Å². The van der Waals surface area contributed by atoms with Crippen molar-refractivity contribution in [1.29, 1.82) is 0 Å². The monoisotopic (exact) mass is 364 g/mol. The lowest BCUT2D eigenvalue weighted by molar-refractivity contribution is 0.292. The summed E-state index contributed by atoms with van der Waals surface area (Å²) < 4.78 is 10.7. The third-order valence-corrected chi connectivity index (χ3v) is 4.28. The lowest BCUT2D eigenvalue weighted by atomic mass is 9.97. The second kappa shape index (κ2) is 9.50. The molecule has 25 heavy (non-hydrogen) atoms. The second-order valence-electron chi connectivity index (χ2n) is 5.52. The molecule has 1 aromatic heterocycles. The van der Waals surface area contributed by atoms with E-state index in [9.17, 15) is 4.79 Å². The number of aromatic amines is 1. The molecule has 0 amide bonds. The van der Waals surface area contributed by atoms with E-state index < -0.39 is 0 Å². The molecule has 0 radical (unpaired) electrons. The fourth-order valence-corrected chi connectivity index (χ4v) is 3.03. The number of rotatable bonds is 9. The first-order chi connectivity index (χ1) is 12.1. The van der Waals surface area contributed by atoms with Crippen LogP contribution < -0.4 is 20.3 Å². The van der Waals surface area contributed by atoms with E-state index in [0.29, 0.717) is 23.1 Å². The fraction of sp³-hybridized carbons (Fsp3) is 0.389. The van der Waals surface area contributed by atoms with Crippen LogP contribution in [0.25, 0.3) is 11.1 Å². The summed E-state index contributed by atoms with van der Waals surface area (Å²) in [5.41, 5.74) is 2.37. The van der Waals surface area contributed by atoms with Crippen LogP contribution in [0, 0.1) is 0 Å². The first-order valence-electron chi connectivity index (χ1n) is 8.09. The summed E-state index contributed by atoms with van der Waals surface area (Å²) in [6.07, 6.45) is 1.59. The van der Waals surface area contributed by atoms with Gasteiger partial charge in [-0.2, -0.15) is 0 Å². The van der Waals surface area contributed by atoms with Gasteiger partial charge in [0.2, 0.25) is 5.56 Å². The Balaban J connectivity index is 2.38. The van der Waals surface area contributed by atoms with Crippen LogP contribution in [-0.4, -0.2) is 44.0 Å². The highest BCUT2D eigenvalue weighted by molar-refractivity contribution is 7.80. The highest BCUT2D eigenvalue weighted by atomic mass is 32.1. The van der Waals surface area contributed by atoms with E-state index >= 15 is 0 Å². The molecule has 7 heteroatoms. The van der Waals surface area contributed by atoms with Crippen molar-refractivity contribution >= 4 is 12.6 Å². The Hall–Kier alpha value is -1.96. The van der Waals surface area contributed by atoms with Crippen LogP contribution in [0.2, 0.25) is 0 Å². The number of methoxy groups -OCH3 is 2. The molecule has 0 spiro atoms. The topological polar surface area (TPSA) is 83.6 Å². The van der Waals surface area contributed by atoms with E-state index in [-0.39, 0.29) is 12.2 Å². The van der Waals surface area contributed by atoms with Crippen LogP contribution in [0.4, 0.5) is 0 Å². The molecule has 0 aliphatic carbocycles. The Morgan fingerprint density at radius 3 is 2.64 bits per heavy atom. The van der Waals surface area contributed by atoms with Crippen molar-refractivity contribution < 1.29 is 14.6 Å². The molecule has 0 bridgehead atoms. The van der Waals surface area contributed by atoms with Crippen molar-refractivity contribution in [3.63, 3.8) is 0 Å². The number of aliphatic hydroxyl groups excluding tert-OH is 1. The molecular formula is C18H24N2O4S. The summed E-state index contributed by atoms with van der Waals surface area (Å²) in [6, 6.07) is 7.08. The lowest BCUT2D eigenvalue weighted by Gasteiger charge is -2.15. The Bertz CT molecular complexity index is 761. The number of thiol groups is 1. The van der Waals surface area contributed by atoms with Gasteiger partial charge in [-0.15, -0.1) is 12.6 Å². The summed E-state index contributed by atoms with van der Waals surface area (Å²) in [5.74, 6) is 1.32. The number of aliphatic hydroxyl groups is 1. The third-order valence-electron chi connectivity index (χ3n) is 3.90. The summed E-state index contributed by atoms with van der Waals surface area (Å²) >= 11 is 4.45. The minimum absolute atomic E-state index is 0.116. The Labute approximate surface area is 152 Å². The maximum atomic E-state index is 12.0. The van der Waals surface area contributed by atoms with Crippen molar-refractivity contribution in [2.24, 2.45) is 0 Å². The second-order valence-corrected chi connectivity index (χ2v) is 5.97. The Morgan fingerprint density at radius 2 is 1.96 bits per heavy atom. The van der Waals surface area contributed by atoms with Gasteiger partial charge in [0, 0.05) is 24.2 Å². The van der Waals surface area contributed by atoms with Gasteiger partial charge in [-0.3, -0.25) is 4.79 Å². The van der Waals surface area contributed by atoms with Crippen LogP contribution in [0.15, 0.2) is 34.1 Å². The maximum absolute atomic E-state index is 12.0. The van der Waals surface area contributed by atoms with Gasteiger partial charge in [-0.25, -0.2) is 0 Å². The predicted molar refractivity (Wildman–Crippen MR) is 101 cm³/mol. The number of hydrogen-bond donors (Lipinski definition) is 4. The number of pyridine rings is 1. The van der Waals surface area contributed by atoms with E-state index in [1.54, 1.807) is 26.4 Å². The van der Waals surface area contributed by atoms with Crippen molar-refractivity contribution in [1.82, 2.24) is 10.3 Å². The van der Waals surface area contributed by atoms with Crippen LogP contribution in [0.3, 0.4) is 0 Å².